The molecule has 5 atom stereocenters. The molecule has 47 heavy (non-hydrogen) atoms. The number of terminal acetylenes is 1. The van der Waals surface area contributed by atoms with Crippen LogP contribution >= 0.6 is 0 Å². The lowest BCUT2D eigenvalue weighted by Crippen LogP contribution is -2.64. The molecular formula is C34H53N5O7S. The number of amides is 5. The zero-order valence-corrected chi connectivity index (χ0v) is 29.6. The van der Waals surface area contributed by atoms with E-state index in [0.29, 0.717) is 12.8 Å². The zero-order valence-electron chi connectivity index (χ0n) is 28.7. The summed E-state index contributed by atoms with van der Waals surface area (Å²) in [6, 6.07) is -3.81. The number of fused-ring (bicyclic) bond motifs is 1. The van der Waals surface area contributed by atoms with Gasteiger partial charge in [-0.3, -0.25) is 19.2 Å². The molecule has 262 valence electrons. The third kappa shape index (κ3) is 8.95. The number of nitrogens with zero attached hydrogens (tertiary/aromatic N) is 1. The van der Waals surface area contributed by atoms with Crippen LogP contribution in [-0.4, -0.2) is 91.1 Å². The highest BCUT2D eigenvalue weighted by Gasteiger charge is 2.70. The quantitative estimate of drug-likeness (QED) is 0.124. The molecule has 0 radical (unpaired) electrons. The fourth-order valence-corrected chi connectivity index (χ4v) is 8.66. The number of sulfone groups is 1. The molecule has 3 aliphatic rings. The van der Waals surface area contributed by atoms with Gasteiger partial charge in [-0.05, 0) is 41.9 Å². The van der Waals surface area contributed by atoms with Crippen molar-refractivity contribution in [3.05, 3.63) is 12.7 Å². The maximum absolute atomic E-state index is 14.3. The minimum atomic E-state index is -3.40. The normalized spacial score (nSPS) is 24.0. The average Bonchev–Trinajstić information content (AvgIpc) is 3.30. The summed E-state index contributed by atoms with van der Waals surface area (Å²) in [7, 11) is -3.40. The largest absolute Gasteiger partial charge is 0.346 e. The number of nitrogens with one attached hydrogen (secondary N) is 4. The lowest BCUT2D eigenvalue weighted by molar-refractivity contribution is -0.145. The molecule has 2 unspecified atom stereocenters. The Labute approximate surface area is 279 Å². The van der Waals surface area contributed by atoms with Crippen LogP contribution in [0.15, 0.2) is 12.7 Å². The van der Waals surface area contributed by atoms with Crippen molar-refractivity contribution in [1.82, 2.24) is 26.2 Å². The third-order valence-electron chi connectivity index (χ3n) is 10.1. The van der Waals surface area contributed by atoms with Gasteiger partial charge in [-0.25, -0.2) is 13.2 Å². The van der Waals surface area contributed by atoms with Crippen molar-refractivity contribution in [2.24, 2.45) is 22.7 Å². The molecule has 13 heteroatoms. The molecule has 0 bridgehead atoms. The Morgan fingerprint density at radius 1 is 1.09 bits per heavy atom. The van der Waals surface area contributed by atoms with Gasteiger partial charge < -0.3 is 26.2 Å². The Hall–Kier alpha value is -3.40. The van der Waals surface area contributed by atoms with Gasteiger partial charge in [0.15, 0.2) is 9.84 Å². The Bertz CT molecular complexity index is 1390. The maximum Gasteiger partial charge on any atom is 0.315 e. The van der Waals surface area contributed by atoms with Crippen LogP contribution in [0.1, 0.15) is 86.5 Å². The van der Waals surface area contributed by atoms with Gasteiger partial charge in [0, 0.05) is 25.3 Å². The van der Waals surface area contributed by atoms with Crippen molar-refractivity contribution in [3.63, 3.8) is 0 Å². The minimum Gasteiger partial charge on any atom is -0.346 e. The number of urea groups is 1. The van der Waals surface area contributed by atoms with Gasteiger partial charge in [0.1, 0.15) is 12.1 Å². The summed E-state index contributed by atoms with van der Waals surface area (Å²) in [5, 5.41) is 10.9. The number of carbonyl (C=O) groups excluding carboxylic acids is 5. The number of carbonyl (C=O) groups is 5. The summed E-state index contributed by atoms with van der Waals surface area (Å²) in [4.78, 5) is 68.8. The highest BCUT2D eigenvalue weighted by molar-refractivity contribution is 7.91. The summed E-state index contributed by atoms with van der Waals surface area (Å²) < 4.78 is 25.3. The van der Waals surface area contributed by atoms with Crippen LogP contribution in [0.5, 0.6) is 0 Å². The van der Waals surface area contributed by atoms with E-state index in [-0.39, 0.29) is 54.7 Å². The molecule has 0 aromatic carbocycles. The second-order valence-corrected chi connectivity index (χ2v) is 17.3. The van der Waals surface area contributed by atoms with E-state index in [1.54, 1.807) is 27.7 Å². The number of likely N-dealkylation sites (tertiary alicyclic amines) is 1. The van der Waals surface area contributed by atoms with Crippen molar-refractivity contribution >= 4 is 39.4 Å². The van der Waals surface area contributed by atoms with Crippen LogP contribution in [0.2, 0.25) is 0 Å². The number of Topliss-reactive ketones (excluding diaryl/α,β-unsaturated/α-hetero) is 1. The molecule has 0 aromatic rings. The highest BCUT2D eigenvalue weighted by atomic mass is 32.2. The Kier molecular flexibility index (Phi) is 12.0. The van der Waals surface area contributed by atoms with Gasteiger partial charge in [0.05, 0.1) is 17.3 Å². The van der Waals surface area contributed by atoms with Gasteiger partial charge in [-0.2, -0.15) is 0 Å². The van der Waals surface area contributed by atoms with Crippen LogP contribution in [-0.2, 0) is 29.0 Å². The van der Waals surface area contributed by atoms with Crippen LogP contribution in [0, 0.1) is 35.0 Å². The third-order valence-corrected chi connectivity index (χ3v) is 12.0. The number of piperidine rings is 1. The summed E-state index contributed by atoms with van der Waals surface area (Å²) in [5.74, 6) is -0.667. The molecule has 1 aliphatic heterocycles. The van der Waals surface area contributed by atoms with Crippen molar-refractivity contribution < 1.29 is 32.4 Å². The van der Waals surface area contributed by atoms with E-state index in [0.717, 1.165) is 19.3 Å². The number of ketones is 1. The van der Waals surface area contributed by atoms with Gasteiger partial charge in [0.25, 0.3) is 5.91 Å². The van der Waals surface area contributed by atoms with Crippen LogP contribution < -0.4 is 21.3 Å². The van der Waals surface area contributed by atoms with Crippen LogP contribution in [0.25, 0.3) is 0 Å². The van der Waals surface area contributed by atoms with Gasteiger partial charge >= 0.3 is 6.03 Å². The first-order chi connectivity index (χ1) is 21.8. The zero-order chi connectivity index (χ0) is 35.4. The van der Waals surface area contributed by atoms with Crippen LogP contribution in [0.4, 0.5) is 4.79 Å². The molecule has 2 saturated carbocycles. The van der Waals surface area contributed by atoms with E-state index in [1.165, 1.54) is 11.0 Å². The highest BCUT2D eigenvalue weighted by Crippen LogP contribution is 2.65. The van der Waals surface area contributed by atoms with Gasteiger partial charge in [-0.1, -0.05) is 66.9 Å². The Balaban J connectivity index is 1.85. The molecule has 1 heterocycles. The van der Waals surface area contributed by atoms with E-state index in [2.05, 4.69) is 33.8 Å². The van der Waals surface area contributed by atoms with Crippen LogP contribution in [0.3, 0.4) is 0 Å². The topological polar surface area (TPSA) is 171 Å². The fourth-order valence-electron chi connectivity index (χ4n) is 7.26. The second kappa shape index (κ2) is 14.8. The number of hydrogen-bond donors (Lipinski definition) is 4. The maximum atomic E-state index is 14.3. The lowest BCUT2D eigenvalue weighted by Gasteiger charge is -2.40. The summed E-state index contributed by atoms with van der Waals surface area (Å²) >= 11 is 0. The monoisotopic (exact) mass is 675 g/mol. The van der Waals surface area contributed by atoms with Crippen molar-refractivity contribution in [2.75, 3.05) is 24.6 Å². The first kappa shape index (κ1) is 38.1. The number of rotatable bonds is 14. The molecule has 5 amide bonds. The molecule has 0 spiro atoms. The van der Waals surface area contributed by atoms with Crippen molar-refractivity contribution in [3.8, 4) is 12.3 Å². The van der Waals surface area contributed by atoms with Crippen molar-refractivity contribution in [2.45, 2.75) is 110 Å². The standard InChI is InChI=1S/C34H53N5O7S/c1-9-12-16-23(26(40)29(42)35-19-10-2)36-28(41)25-24-22(33(24,7)8)20-39(25)30(43)27(32(4,5)6)37-31(44)38-34(17-14-13-15-18-34)21-47(45,46)11-3/h1,10,22-25,27H,2,11-21H2,3-8H3,(H,35,42)(H,36,41)(H2,37,38,44)/t22?,23?,24-,25-,27+/m0/s1. The predicted octanol–water partition coefficient (Wildman–Crippen LogP) is 2.09. The summed E-state index contributed by atoms with van der Waals surface area (Å²) in [6.45, 7) is 14.9. The van der Waals surface area contributed by atoms with E-state index < -0.39 is 68.5 Å². The van der Waals surface area contributed by atoms with Gasteiger partial charge in [0.2, 0.25) is 17.6 Å². The van der Waals surface area contributed by atoms with E-state index in [9.17, 15) is 32.4 Å². The SMILES string of the molecule is C#CCCC(NC(=O)[C@@H]1[C@@H]2C(CN1C(=O)[C@@H](NC(=O)NC1(CS(=O)(=O)CC)CCCCC1)C(C)(C)C)C2(C)C)C(=O)C(=O)NCC=C. The summed E-state index contributed by atoms with van der Waals surface area (Å²) in [6.07, 6.45) is 10.6. The van der Waals surface area contributed by atoms with E-state index in [1.807, 2.05) is 13.8 Å². The molecular weight excluding hydrogens is 622 g/mol. The molecule has 12 nitrogen and oxygen atoms in total. The molecule has 0 aromatic heterocycles. The lowest BCUT2D eigenvalue weighted by atomic mass is 9.83. The first-order valence-electron chi connectivity index (χ1n) is 16.6. The first-order valence-corrected chi connectivity index (χ1v) is 18.4. The molecule has 4 N–H and O–H groups in total. The van der Waals surface area contributed by atoms with E-state index in [4.69, 9.17) is 6.42 Å². The second-order valence-electron chi connectivity index (χ2n) is 15.0. The van der Waals surface area contributed by atoms with Crippen molar-refractivity contribution in [1.29, 1.82) is 0 Å². The molecule has 1 saturated heterocycles. The summed E-state index contributed by atoms with van der Waals surface area (Å²) in [5.41, 5.74) is -1.94. The molecule has 3 fully saturated rings. The molecule has 3 rings (SSSR count). The van der Waals surface area contributed by atoms with Gasteiger partial charge in [-0.15, -0.1) is 18.9 Å². The van der Waals surface area contributed by atoms with E-state index >= 15 is 0 Å². The smallest absolute Gasteiger partial charge is 0.315 e. The molecule has 2 aliphatic carbocycles. The predicted molar refractivity (Wildman–Crippen MR) is 180 cm³/mol. The average molecular weight is 676 g/mol. The minimum absolute atomic E-state index is 0.0251. The Morgan fingerprint density at radius 2 is 1.72 bits per heavy atom. The fraction of sp³-hybridized carbons (Fsp3) is 0.735. The Morgan fingerprint density at radius 3 is 2.28 bits per heavy atom. The number of hydrogen-bond acceptors (Lipinski definition) is 7.